The largest absolute Gasteiger partial charge is 0.378 e. The highest BCUT2D eigenvalue weighted by atomic mass is 16.5. The summed E-state index contributed by atoms with van der Waals surface area (Å²) in [5, 5.41) is 11.2. The molecule has 0 radical (unpaired) electrons. The van der Waals surface area contributed by atoms with Gasteiger partial charge in [0.25, 0.3) is 0 Å². The van der Waals surface area contributed by atoms with Crippen LogP contribution in [0.3, 0.4) is 0 Å². The van der Waals surface area contributed by atoms with Crippen LogP contribution in [0.2, 0.25) is 0 Å². The molecule has 21 heavy (non-hydrogen) atoms. The van der Waals surface area contributed by atoms with Crippen LogP contribution < -0.4 is 10.2 Å². The van der Waals surface area contributed by atoms with Crippen LogP contribution in [0.1, 0.15) is 37.9 Å². The molecule has 3 unspecified atom stereocenters. The lowest BCUT2D eigenvalue weighted by molar-refractivity contribution is 0.104. The van der Waals surface area contributed by atoms with Gasteiger partial charge in [-0.25, -0.2) is 0 Å². The van der Waals surface area contributed by atoms with Crippen molar-refractivity contribution in [2.45, 2.75) is 50.7 Å². The fourth-order valence-electron chi connectivity index (χ4n) is 3.92. The SMILES string of the molecule is C1COC(CCc2nc(N3CC4CCCNC4C3)n[nH]2)C1. The lowest BCUT2D eigenvalue weighted by Gasteiger charge is -2.24. The van der Waals surface area contributed by atoms with Crippen LogP contribution >= 0.6 is 0 Å². The first-order chi connectivity index (χ1) is 10.4. The molecule has 2 N–H and O–H groups in total. The number of fused-ring (bicyclic) bond motifs is 1. The molecule has 6 nitrogen and oxygen atoms in total. The van der Waals surface area contributed by atoms with E-state index in [2.05, 4.69) is 25.4 Å². The van der Waals surface area contributed by atoms with Crippen LogP contribution in [-0.4, -0.2) is 53.6 Å². The van der Waals surface area contributed by atoms with Gasteiger partial charge in [0.15, 0.2) is 0 Å². The molecule has 4 heterocycles. The first-order valence-corrected chi connectivity index (χ1v) is 8.40. The number of ether oxygens (including phenoxy) is 1. The summed E-state index contributed by atoms with van der Waals surface area (Å²) >= 11 is 0. The van der Waals surface area contributed by atoms with Gasteiger partial charge >= 0.3 is 0 Å². The normalized spacial score (nSPS) is 32.6. The second kappa shape index (κ2) is 5.93. The number of hydrogen-bond donors (Lipinski definition) is 2. The summed E-state index contributed by atoms with van der Waals surface area (Å²) < 4.78 is 5.66. The van der Waals surface area contributed by atoms with Crippen molar-refractivity contribution < 1.29 is 4.74 Å². The number of H-pyrrole nitrogens is 1. The van der Waals surface area contributed by atoms with Crippen molar-refractivity contribution >= 4 is 5.95 Å². The smallest absolute Gasteiger partial charge is 0.244 e. The number of anilines is 1. The summed E-state index contributed by atoms with van der Waals surface area (Å²) in [5.74, 6) is 2.66. The lowest BCUT2D eigenvalue weighted by atomic mass is 9.94. The molecule has 3 atom stereocenters. The van der Waals surface area contributed by atoms with Gasteiger partial charge in [-0.1, -0.05) is 0 Å². The van der Waals surface area contributed by atoms with Gasteiger partial charge < -0.3 is 15.0 Å². The standard InChI is InChI=1S/C15H25N5O/c1-3-11-9-20(10-13(11)16-7-1)15-17-14(18-19-15)6-5-12-4-2-8-21-12/h11-13,16H,1-10H2,(H,17,18,19). The molecule has 3 aliphatic heterocycles. The van der Waals surface area contributed by atoms with Gasteiger partial charge in [0.1, 0.15) is 5.82 Å². The Morgan fingerprint density at radius 2 is 2.24 bits per heavy atom. The van der Waals surface area contributed by atoms with Crippen LogP contribution in [0.25, 0.3) is 0 Å². The minimum Gasteiger partial charge on any atom is -0.378 e. The van der Waals surface area contributed by atoms with E-state index in [-0.39, 0.29) is 0 Å². The van der Waals surface area contributed by atoms with Crippen molar-refractivity contribution in [2.24, 2.45) is 5.92 Å². The minimum atomic E-state index is 0.428. The molecule has 1 aromatic heterocycles. The van der Waals surface area contributed by atoms with Crippen LogP contribution in [0.4, 0.5) is 5.95 Å². The maximum Gasteiger partial charge on any atom is 0.244 e. The average molecular weight is 291 g/mol. The molecule has 6 heteroatoms. The molecule has 4 rings (SSSR count). The zero-order chi connectivity index (χ0) is 14.1. The minimum absolute atomic E-state index is 0.428. The van der Waals surface area contributed by atoms with Crippen molar-refractivity contribution in [3.8, 4) is 0 Å². The number of nitrogens with one attached hydrogen (secondary N) is 2. The highest BCUT2D eigenvalue weighted by molar-refractivity contribution is 5.32. The molecule has 3 fully saturated rings. The van der Waals surface area contributed by atoms with Crippen molar-refractivity contribution in [1.29, 1.82) is 0 Å². The maximum atomic E-state index is 5.66. The molecule has 0 bridgehead atoms. The molecule has 3 saturated heterocycles. The zero-order valence-electron chi connectivity index (χ0n) is 12.6. The third-order valence-corrected chi connectivity index (χ3v) is 5.13. The summed E-state index contributed by atoms with van der Waals surface area (Å²) in [6, 6.07) is 0.632. The van der Waals surface area contributed by atoms with E-state index in [9.17, 15) is 0 Å². The topological polar surface area (TPSA) is 66.1 Å². The summed E-state index contributed by atoms with van der Waals surface area (Å²) in [4.78, 5) is 7.02. The third kappa shape index (κ3) is 2.92. The Kier molecular flexibility index (Phi) is 3.82. The van der Waals surface area contributed by atoms with E-state index in [1.54, 1.807) is 0 Å². The Morgan fingerprint density at radius 1 is 1.24 bits per heavy atom. The quantitative estimate of drug-likeness (QED) is 0.870. The molecule has 0 spiro atoms. The molecule has 1 aromatic rings. The van der Waals surface area contributed by atoms with Crippen molar-refractivity contribution in [3.63, 3.8) is 0 Å². The molecule has 116 valence electrons. The van der Waals surface area contributed by atoms with E-state index in [0.717, 1.165) is 56.8 Å². The lowest BCUT2D eigenvalue weighted by Crippen LogP contribution is -2.40. The van der Waals surface area contributed by atoms with E-state index in [4.69, 9.17) is 4.74 Å². The van der Waals surface area contributed by atoms with Gasteiger partial charge in [0, 0.05) is 32.2 Å². The van der Waals surface area contributed by atoms with E-state index in [1.807, 2.05) is 0 Å². The number of aromatic amines is 1. The predicted octanol–water partition coefficient (Wildman–Crippen LogP) is 1.10. The van der Waals surface area contributed by atoms with Gasteiger partial charge in [0.2, 0.25) is 5.95 Å². The van der Waals surface area contributed by atoms with E-state index in [1.165, 1.54) is 25.7 Å². The predicted molar refractivity (Wildman–Crippen MR) is 80.4 cm³/mol. The Balaban J connectivity index is 1.33. The van der Waals surface area contributed by atoms with Crippen LogP contribution in [-0.2, 0) is 11.2 Å². The highest BCUT2D eigenvalue weighted by Crippen LogP contribution is 2.27. The van der Waals surface area contributed by atoms with Crippen LogP contribution in [0.15, 0.2) is 0 Å². The van der Waals surface area contributed by atoms with Crippen molar-refractivity contribution in [2.75, 3.05) is 31.1 Å². The zero-order valence-corrected chi connectivity index (χ0v) is 12.6. The first kappa shape index (κ1) is 13.5. The Labute approximate surface area is 125 Å². The first-order valence-electron chi connectivity index (χ1n) is 8.40. The fourth-order valence-corrected chi connectivity index (χ4v) is 3.92. The van der Waals surface area contributed by atoms with Crippen LogP contribution in [0.5, 0.6) is 0 Å². The molecule has 0 amide bonds. The summed E-state index contributed by atoms with van der Waals surface area (Å²) in [6.45, 7) is 4.24. The number of nitrogens with zero attached hydrogens (tertiary/aromatic N) is 3. The monoisotopic (exact) mass is 291 g/mol. The molecule has 0 aliphatic carbocycles. The number of rotatable bonds is 4. The molecular weight excluding hydrogens is 266 g/mol. The van der Waals surface area contributed by atoms with Gasteiger partial charge in [-0.05, 0) is 44.6 Å². The van der Waals surface area contributed by atoms with Gasteiger partial charge in [-0.3, -0.25) is 5.10 Å². The van der Waals surface area contributed by atoms with Crippen molar-refractivity contribution in [3.05, 3.63) is 5.82 Å². The van der Waals surface area contributed by atoms with Gasteiger partial charge in [-0.2, -0.15) is 4.98 Å². The summed E-state index contributed by atoms with van der Waals surface area (Å²) in [6.07, 6.45) is 7.47. The Morgan fingerprint density at radius 3 is 3.10 bits per heavy atom. The maximum absolute atomic E-state index is 5.66. The number of aryl methyl sites for hydroxylation is 1. The van der Waals surface area contributed by atoms with Gasteiger partial charge in [0.05, 0.1) is 6.10 Å². The number of hydrogen-bond acceptors (Lipinski definition) is 5. The summed E-state index contributed by atoms with van der Waals surface area (Å²) in [5.41, 5.74) is 0. The molecule has 3 aliphatic rings. The van der Waals surface area contributed by atoms with E-state index < -0.39 is 0 Å². The third-order valence-electron chi connectivity index (χ3n) is 5.13. The number of piperidine rings is 1. The second-order valence-electron chi connectivity index (χ2n) is 6.62. The Bertz CT molecular complexity index is 456. The fraction of sp³-hybridized carbons (Fsp3) is 0.867. The Hall–Kier alpha value is -1.14. The number of aromatic nitrogens is 3. The van der Waals surface area contributed by atoms with E-state index >= 15 is 0 Å². The highest BCUT2D eigenvalue weighted by Gasteiger charge is 2.35. The van der Waals surface area contributed by atoms with Gasteiger partial charge in [-0.15, -0.1) is 5.10 Å². The molecular formula is C15H25N5O. The second-order valence-corrected chi connectivity index (χ2v) is 6.62. The van der Waals surface area contributed by atoms with E-state index in [0.29, 0.717) is 12.1 Å². The molecule has 0 aromatic carbocycles. The van der Waals surface area contributed by atoms with Crippen LogP contribution in [0, 0.1) is 5.92 Å². The van der Waals surface area contributed by atoms with Crippen molar-refractivity contribution in [1.82, 2.24) is 20.5 Å². The average Bonchev–Trinajstić information content (AvgIpc) is 3.24. The molecule has 0 saturated carbocycles. The summed E-state index contributed by atoms with van der Waals surface area (Å²) in [7, 11) is 0.